The molecule has 1 aliphatic rings. The van der Waals surface area contributed by atoms with Gasteiger partial charge in [0.25, 0.3) is 0 Å². The first-order valence-corrected chi connectivity index (χ1v) is 10.9. The highest BCUT2D eigenvalue weighted by molar-refractivity contribution is 5.83. The first-order chi connectivity index (χ1) is 15.8. The molecular weight excluding hydrogens is 404 g/mol. The number of fused-ring (bicyclic) bond motifs is 1. The Labute approximate surface area is 186 Å². The van der Waals surface area contributed by atoms with E-state index in [1.165, 1.54) is 19.2 Å². The lowest BCUT2D eigenvalue weighted by Crippen LogP contribution is -2.12. The summed E-state index contributed by atoms with van der Waals surface area (Å²) in [4.78, 5) is 17.4. The van der Waals surface area contributed by atoms with Gasteiger partial charge in [-0.2, -0.15) is 0 Å². The Bertz CT molecular complexity index is 1190. The first-order valence-electron chi connectivity index (χ1n) is 10.9. The van der Waals surface area contributed by atoms with Crippen molar-refractivity contribution in [2.45, 2.75) is 44.9 Å². The molecule has 32 heavy (non-hydrogen) atoms. The van der Waals surface area contributed by atoms with Crippen LogP contribution < -0.4 is 14.8 Å². The van der Waals surface area contributed by atoms with Crippen molar-refractivity contribution in [2.75, 3.05) is 12.4 Å². The van der Waals surface area contributed by atoms with E-state index in [9.17, 15) is 0 Å². The Balaban J connectivity index is 1.40. The van der Waals surface area contributed by atoms with Crippen LogP contribution in [-0.4, -0.2) is 37.7 Å². The molecule has 3 aromatic heterocycles. The maximum Gasteiger partial charge on any atom is 0.182 e. The summed E-state index contributed by atoms with van der Waals surface area (Å²) in [7, 11) is 1.68. The summed E-state index contributed by atoms with van der Waals surface area (Å²) in [6.45, 7) is 1.24. The molecule has 0 amide bonds. The van der Waals surface area contributed by atoms with Gasteiger partial charge in [0.1, 0.15) is 11.8 Å². The largest absolute Gasteiger partial charge is 0.493 e. The lowest BCUT2D eigenvalue weighted by atomic mass is 10.2. The summed E-state index contributed by atoms with van der Waals surface area (Å²) >= 11 is 0. The molecule has 0 unspecified atom stereocenters. The van der Waals surface area contributed by atoms with E-state index in [1.807, 2.05) is 24.4 Å². The highest BCUT2D eigenvalue weighted by Gasteiger charge is 2.19. The standard InChI is InChI=1S/C24H26N6O2/c1-31-20-9-8-17(11-21(20)32-19-6-2-3-7-19)14-30-16-29-24-22(30)23(27-15-28-24)26-13-18-5-4-10-25-12-18/h4-5,8-12,15-16,19H,2-3,6-7,13-14H2,1H3,(H,26,27,28). The number of pyridine rings is 1. The third kappa shape index (κ3) is 4.34. The van der Waals surface area contributed by atoms with E-state index in [1.54, 1.807) is 19.6 Å². The molecule has 1 aliphatic carbocycles. The Morgan fingerprint density at radius 1 is 1.06 bits per heavy atom. The topological polar surface area (TPSA) is 87.0 Å². The number of rotatable bonds is 8. The Morgan fingerprint density at radius 2 is 1.97 bits per heavy atom. The maximum atomic E-state index is 6.26. The van der Waals surface area contributed by atoms with E-state index < -0.39 is 0 Å². The van der Waals surface area contributed by atoms with Crippen molar-refractivity contribution < 1.29 is 9.47 Å². The molecule has 0 aliphatic heterocycles. The normalized spacial score (nSPS) is 14.0. The zero-order valence-corrected chi connectivity index (χ0v) is 18.1. The van der Waals surface area contributed by atoms with Gasteiger partial charge in [-0.05, 0) is 55.0 Å². The highest BCUT2D eigenvalue weighted by Crippen LogP contribution is 2.33. The summed E-state index contributed by atoms with van der Waals surface area (Å²) in [6.07, 6.45) is 11.9. The monoisotopic (exact) mass is 430 g/mol. The van der Waals surface area contributed by atoms with Gasteiger partial charge >= 0.3 is 0 Å². The van der Waals surface area contributed by atoms with Crippen LogP contribution in [0.25, 0.3) is 11.2 Å². The number of nitrogens with zero attached hydrogens (tertiary/aromatic N) is 5. The minimum Gasteiger partial charge on any atom is -0.493 e. The minimum absolute atomic E-state index is 0.268. The maximum absolute atomic E-state index is 6.26. The van der Waals surface area contributed by atoms with Crippen molar-refractivity contribution in [1.29, 1.82) is 0 Å². The number of hydrogen-bond acceptors (Lipinski definition) is 7. The van der Waals surface area contributed by atoms with Crippen LogP contribution in [0.5, 0.6) is 11.5 Å². The molecule has 1 aromatic carbocycles. The van der Waals surface area contributed by atoms with E-state index >= 15 is 0 Å². The molecule has 0 atom stereocenters. The second kappa shape index (κ2) is 9.21. The van der Waals surface area contributed by atoms with Crippen molar-refractivity contribution in [3.63, 3.8) is 0 Å². The van der Waals surface area contributed by atoms with Crippen LogP contribution in [0.15, 0.2) is 55.4 Å². The molecule has 0 saturated heterocycles. The van der Waals surface area contributed by atoms with E-state index in [0.717, 1.165) is 46.8 Å². The van der Waals surface area contributed by atoms with Crippen LogP contribution in [0.3, 0.4) is 0 Å². The van der Waals surface area contributed by atoms with Gasteiger partial charge in [0.15, 0.2) is 23.0 Å². The number of hydrogen-bond donors (Lipinski definition) is 1. The fraction of sp³-hybridized carbons (Fsp3) is 0.333. The first kappa shape index (κ1) is 20.2. The fourth-order valence-corrected chi connectivity index (χ4v) is 4.14. The predicted molar refractivity (Wildman–Crippen MR) is 122 cm³/mol. The van der Waals surface area contributed by atoms with Crippen molar-refractivity contribution in [2.24, 2.45) is 0 Å². The molecule has 8 nitrogen and oxygen atoms in total. The van der Waals surface area contributed by atoms with E-state index in [0.29, 0.717) is 18.7 Å². The third-order valence-electron chi connectivity index (χ3n) is 5.77. The van der Waals surface area contributed by atoms with Crippen LogP contribution >= 0.6 is 0 Å². The third-order valence-corrected chi connectivity index (χ3v) is 5.77. The lowest BCUT2D eigenvalue weighted by molar-refractivity contribution is 0.200. The van der Waals surface area contributed by atoms with Gasteiger partial charge < -0.3 is 19.4 Å². The molecule has 8 heteroatoms. The SMILES string of the molecule is COc1ccc(Cn2cnc3ncnc(NCc4cccnc4)c32)cc1OC1CCCC1. The minimum atomic E-state index is 0.268. The molecule has 3 heterocycles. The second-order valence-corrected chi connectivity index (χ2v) is 7.99. The highest BCUT2D eigenvalue weighted by atomic mass is 16.5. The molecule has 1 N–H and O–H groups in total. The van der Waals surface area contributed by atoms with Crippen molar-refractivity contribution in [3.05, 3.63) is 66.5 Å². The van der Waals surface area contributed by atoms with Gasteiger partial charge in [-0.25, -0.2) is 15.0 Å². The zero-order valence-electron chi connectivity index (χ0n) is 18.1. The number of benzene rings is 1. The molecular formula is C24H26N6O2. The molecule has 0 radical (unpaired) electrons. The van der Waals surface area contributed by atoms with Gasteiger partial charge in [0.05, 0.1) is 19.5 Å². The molecule has 0 spiro atoms. The summed E-state index contributed by atoms with van der Waals surface area (Å²) in [5, 5.41) is 3.40. The van der Waals surface area contributed by atoms with Crippen LogP contribution in [0.2, 0.25) is 0 Å². The summed E-state index contributed by atoms with van der Waals surface area (Å²) in [6, 6.07) is 10.0. The lowest BCUT2D eigenvalue weighted by Gasteiger charge is -2.17. The molecule has 4 aromatic rings. The van der Waals surface area contributed by atoms with Gasteiger partial charge in [-0.3, -0.25) is 4.98 Å². The summed E-state index contributed by atoms with van der Waals surface area (Å²) < 4.78 is 13.9. The smallest absolute Gasteiger partial charge is 0.182 e. The van der Waals surface area contributed by atoms with E-state index in [-0.39, 0.29) is 6.10 Å². The zero-order chi connectivity index (χ0) is 21.8. The Kier molecular flexibility index (Phi) is 5.83. The van der Waals surface area contributed by atoms with Crippen LogP contribution in [0.4, 0.5) is 5.82 Å². The average molecular weight is 431 g/mol. The van der Waals surface area contributed by atoms with Crippen molar-refractivity contribution in [1.82, 2.24) is 24.5 Å². The van der Waals surface area contributed by atoms with Crippen LogP contribution in [0.1, 0.15) is 36.8 Å². The number of imidazole rings is 1. The van der Waals surface area contributed by atoms with Gasteiger partial charge in [-0.1, -0.05) is 12.1 Å². The number of aromatic nitrogens is 5. The Hall–Kier alpha value is -3.68. The van der Waals surface area contributed by atoms with Crippen LogP contribution in [0, 0.1) is 0 Å². The second-order valence-electron chi connectivity index (χ2n) is 7.99. The number of methoxy groups -OCH3 is 1. The molecule has 5 rings (SSSR count). The molecule has 1 fully saturated rings. The number of ether oxygens (including phenoxy) is 2. The number of nitrogens with one attached hydrogen (secondary N) is 1. The molecule has 164 valence electrons. The Morgan fingerprint density at radius 3 is 2.78 bits per heavy atom. The molecule has 0 bridgehead atoms. The molecule has 1 saturated carbocycles. The summed E-state index contributed by atoms with van der Waals surface area (Å²) in [5.74, 6) is 2.30. The van der Waals surface area contributed by atoms with Gasteiger partial charge in [-0.15, -0.1) is 0 Å². The average Bonchev–Trinajstić information content (AvgIpc) is 3.49. The fourth-order valence-electron chi connectivity index (χ4n) is 4.14. The number of anilines is 1. The van der Waals surface area contributed by atoms with E-state index in [4.69, 9.17) is 9.47 Å². The van der Waals surface area contributed by atoms with Crippen LogP contribution in [-0.2, 0) is 13.1 Å². The predicted octanol–water partition coefficient (Wildman–Crippen LogP) is 4.21. The van der Waals surface area contributed by atoms with Crippen molar-refractivity contribution >= 4 is 17.0 Å². The van der Waals surface area contributed by atoms with Gasteiger partial charge in [0.2, 0.25) is 0 Å². The van der Waals surface area contributed by atoms with E-state index in [2.05, 4.69) is 42.0 Å². The van der Waals surface area contributed by atoms with Gasteiger partial charge in [0, 0.05) is 25.5 Å². The van der Waals surface area contributed by atoms with Crippen molar-refractivity contribution in [3.8, 4) is 11.5 Å². The quantitative estimate of drug-likeness (QED) is 0.448. The summed E-state index contributed by atoms with van der Waals surface area (Å²) in [5.41, 5.74) is 3.70.